The summed E-state index contributed by atoms with van der Waals surface area (Å²) in [4.78, 5) is 10.6. The van der Waals surface area contributed by atoms with E-state index in [2.05, 4.69) is 11.0 Å². The molecule has 4 nitrogen and oxygen atoms in total. The van der Waals surface area contributed by atoms with Crippen LogP contribution in [-0.2, 0) is 6.54 Å². The molecule has 4 heteroatoms. The fraction of sp³-hybridized carbons (Fsp3) is 0.250. The van der Waals surface area contributed by atoms with E-state index in [0.29, 0.717) is 5.69 Å². The van der Waals surface area contributed by atoms with Crippen LogP contribution in [0.1, 0.15) is 16.2 Å². The van der Waals surface area contributed by atoms with Crippen LogP contribution in [-0.4, -0.2) is 20.9 Å². The first-order valence-corrected chi connectivity index (χ1v) is 3.36. The van der Waals surface area contributed by atoms with Crippen molar-refractivity contribution in [2.24, 2.45) is 0 Å². The minimum absolute atomic E-state index is 0.130. The zero-order valence-corrected chi connectivity index (χ0v) is 6.61. The topological polar surface area (TPSA) is 55.1 Å². The van der Waals surface area contributed by atoms with E-state index in [1.807, 2.05) is 0 Å². The normalized spacial score (nSPS) is 9.33. The van der Waals surface area contributed by atoms with Gasteiger partial charge >= 0.3 is 5.97 Å². The zero-order valence-electron chi connectivity index (χ0n) is 6.61. The second kappa shape index (κ2) is 3.09. The maximum Gasteiger partial charge on any atom is 0.354 e. The maximum absolute atomic E-state index is 10.6. The number of aromatic nitrogens is 2. The summed E-state index contributed by atoms with van der Waals surface area (Å²) in [5, 5.41) is 12.6. The number of rotatable bonds is 2. The van der Waals surface area contributed by atoms with Crippen molar-refractivity contribution in [1.82, 2.24) is 9.78 Å². The van der Waals surface area contributed by atoms with Crippen LogP contribution in [0.15, 0.2) is 6.07 Å². The van der Waals surface area contributed by atoms with Crippen molar-refractivity contribution < 1.29 is 9.90 Å². The van der Waals surface area contributed by atoms with Crippen LogP contribution in [0.4, 0.5) is 0 Å². The quantitative estimate of drug-likeness (QED) is 0.648. The average Bonchev–Trinajstić information content (AvgIpc) is 2.32. The van der Waals surface area contributed by atoms with Crippen molar-refractivity contribution in [2.45, 2.75) is 13.5 Å². The molecule has 62 valence electrons. The summed E-state index contributed by atoms with van der Waals surface area (Å²) in [6.45, 7) is 1.91. The Morgan fingerprint density at radius 2 is 2.58 bits per heavy atom. The Kier molecular flexibility index (Phi) is 2.15. The number of aromatic carboxylic acids is 1. The molecule has 1 heterocycles. The summed E-state index contributed by atoms with van der Waals surface area (Å²) in [6.07, 6.45) is 5.04. The average molecular weight is 164 g/mol. The maximum atomic E-state index is 10.6. The van der Waals surface area contributed by atoms with E-state index in [1.165, 1.54) is 10.7 Å². The molecule has 12 heavy (non-hydrogen) atoms. The Labute approximate surface area is 69.8 Å². The molecule has 0 spiro atoms. The summed E-state index contributed by atoms with van der Waals surface area (Å²) >= 11 is 0. The highest BCUT2D eigenvalue weighted by molar-refractivity contribution is 5.85. The second-order valence-electron chi connectivity index (χ2n) is 2.34. The van der Waals surface area contributed by atoms with Crippen LogP contribution in [0, 0.1) is 19.3 Å². The molecule has 0 amide bonds. The lowest BCUT2D eigenvalue weighted by atomic mass is 10.4. The minimum atomic E-state index is -1.01. The standard InChI is InChI=1S/C8H8N2O2/c1-3-4-10-7(8(11)12)5-6(2)9-10/h1,5H,4H2,2H3,(H,11,12). The molecule has 0 fully saturated rings. The van der Waals surface area contributed by atoms with Crippen LogP contribution in [0.25, 0.3) is 0 Å². The smallest absolute Gasteiger partial charge is 0.354 e. The van der Waals surface area contributed by atoms with Gasteiger partial charge in [-0.25, -0.2) is 9.48 Å². The van der Waals surface area contributed by atoms with Gasteiger partial charge in [0.05, 0.1) is 5.69 Å². The number of nitrogens with zero attached hydrogens (tertiary/aromatic N) is 2. The number of carbonyl (C=O) groups is 1. The Balaban J connectivity index is 3.10. The van der Waals surface area contributed by atoms with Gasteiger partial charge in [-0.05, 0) is 13.0 Å². The molecule has 1 aromatic heterocycles. The molecule has 1 aromatic rings. The third-order valence-corrected chi connectivity index (χ3v) is 1.36. The number of carboxylic acid groups (broad SMARTS) is 1. The molecule has 0 bridgehead atoms. The first-order chi connectivity index (χ1) is 5.65. The molecule has 0 aliphatic carbocycles. The van der Waals surface area contributed by atoms with Gasteiger partial charge in [-0.15, -0.1) is 6.42 Å². The highest BCUT2D eigenvalue weighted by atomic mass is 16.4. The van der Waals surface area contributed by atoms with Crippen molar-refractivity contribution in [1.29, 1.82) is 0 Å². The minimum Gasteiger partial charge on any atom is -0.477 e. The molecule has 1 rings (SSSR count). The summed E-state index contributed by atoms with van der Waals surface area (Å²) in [6, 6.07) is 1.49. The van der Waals surface area contributed by atoms with E-state index < -0.39 is 5.97 Å². The van der Waals surface area contributed by atoms with E-state index in [0.717, 1.165) is 0 Å². The molecular weight excluding hydrogens is 156 g/mol. The van der Waals surface area contributed by atoms with E-state index in [9.17, 15) is 4.79 Å². The first-order valence-electron chi connectivity index (χ1n) is 3.36. The summed E-state index contributed by atoms with van der Waals surface area (Å²) < 4.78 is 1.29. The van der Waals surface area contributed by atoms with Gasteiger partial charge < -0.3 is 5.11 Å². The number of hydrogen-bond acceptors (Lipinski definition) is 2. The Morgan fingerprint density at radius 1 is 1.92 bits per heavy atom. The fourth-order valence-electron chi connectivity index (χ4n) is 0.925. The van der Waals surface area contributed by atoms with Gasteiger partial charge in [-0.2, -0.15) is 5.10 Å². The van der Waals surface area contributed by atoms with Crippen LogP contribution in [0.5, 0.6) is 0 Å². The lowest BCUT2D eigenvalue weighted by molar-refractivity contribution is 0.0684. The van der Waals surface area contributed by atoms with E-state index >= 15 is 0 Å². The van der Waals surface area contributed by atoms with Crippen LogP contribution < -0.4 is 0 Å². The fourth-order valence-corrected chi connectivity index (χ4v) is 0.925. The highest BCUT2D eigenvalue weighted by Gasteiger charge is 2.10. The van der Waals surface area contributed by atoms with E-state index in [4.69, 9.17) is 11.5 Å². The van der Waals surface area contributed by atoms with Crippen molar-refractivity contribution in [3.05, 3.63) is 17.5 Å². The Hall–Kier alpha value is -1.76. The lowest BCUT2D eigenvalue weighted by Gasteiger charge is -1.96. The van der Waals surface area contributed by atoms with Gasteiger partial charge in [-0.3, -0.25) is 0 Å². The summed E-state index contributed by atoms with van der Waals surface area (Å²) in [7, 11) is 0. The number of hydrogen-bond donors (Lipinski definition) is 1. The molecule has 0 aliphatic rings. The first kappa shape index (κ1) is 8.34. The molecule has 0 radical (unpaired) electrons. The third kappa shape index (κ3) is 1.45. The Bertz CT molecular complexity index is 346. The summed E-state index contributed by atoms with van der Waals surface area (Å²) in [5.41, 5.74) is 0.785. The predicted octanol–water partition coefficient (Wildman–Crippen LogP) is 0.523. The Morgan fingerprint density at radius 3 is 3.08 bits per heavy atom. The van der Waals surface area contributed by atoms with Gasteiger partial charge in [-0.1, -0.05) is 5.92 Å². The van der Waals surface area contributed by atoms with E-state index in [1.54, 1.807) is 6.92 Å². The molecule has 0 unspecified atom stereocenters. The van der Waals surface area contributed by atoms with E-state index in [-0.39, 0.29) is 12.2 Å². The molecule has 0 atom stereocenters. The highest BCUT2D eigenvalue weighted by Crippen LogP contribution is 2.02. The van der Waals surface area contributed by atoms with Crippen molar-refractivity contribution >= 4 is 5.97 Å². The van der Waals surface area contributed by atoms with Crippen molar-refractivity contribution in [3.8, 4) is 12.3 Å². The van der Waals surface area contributed by atoms with Gasteiger partial charge in [0, 0.05) is 0 Å². The monoisotopic (exact) mass is 164 g/mol. The molecule has 0 aliphatic heterocycles. The molecule has 0 aromatic carbocycles. The second-order valence-corrected chi connectivity index (χ2v) is 2.34. The molecule has 0 saturated carbocycles. The predicted molar refractivity (Wildman–Crippen MR) is 42.8 cm³/mol. The lowest BCUT2D eigenvalue weighted by Crippen LogP contribution is -2.08. The number of aryl methyl sites for hydroxylation is 1. The van der Waals surface area contributed by atoms with Gasteiger partial charge in [0.2, 0.25) is 0 Å². The van der Waals surface area contributed by atoms with Crippen LogP contribution >= 0.6 is 0 Å². The SMILES string of the molecule is C#CCn1nc(C)cc1C(=O)O. The largest absolute Gasteiger partial charge is 0.477 e. The number of carboxylic acids is 1. The molecule has 0 saturated heterocycles. The zero-order chi connectivity index (χ0) is 9.14. The van der Waals surface area contributed by atoms with Gasteiger partial charge in [0.25, 0.3) is 0 Å². The van der Waals surface area contributed by atoms with Gasteiger partial charge in [0.15, 0.2) is 0 Å². The summed E-state index contributed by atoms with van der Waals surface area (Å²) in [5.74, 6) is 1.32. The van der Waals surface area contributed by atoms with Crippen LogP contribution in [0.2, 0.25) is 0 Å². The third-order valence-electron chi connectivity index (χ3n) is 1.36. The van der Waals surface area contributed by atoms with Crippen molar-refractivity contribution in [3.63, 3.8) is 0 Å². The molecule has 1 N–H and O–H groups in total. The molecular formula is C8H8N2O2. The van der Waals surface area contributed by atoms with Crippen molar-refractivity contribution in [2.75, 3.05) is 0 Å². The number of terminal acetylenes is 1. The van der Waals surface area contributed by atoms with Crippen LogP contribution in [0.3, 0.4) is 0 Å². The van der Waals surface area contributed by atoms with Gasteiger partial charge in [0.1, 0.15) is 12.2 Å².